The van der Waals surface area contributed by atoms with Crippen molar-refractivity contribution in [3.8, 4) is 0 Å². The molecule has 4 amide bonds. The second kappa shape index (κ2) is 6.68. The van der Waals surface area contributed by atoms with Crippen LogP contribution in [0.25, 0.3) is 0 Å². The summed E-state index contributed by atoms with van der Waals surface area (Å²) in [5, 5.41) is 0. The van der Waals surface area contributed by atoms with Gasteiger partial charge in [-0.1, -0.05) is 30.9 Å². The zero-order valence-corrected chi connectivity index (χ0v) is 13.7. The molecule has 3 rings (SSSR count). The minimum Gasteiger partial charge on any atom is -0.458 e. The van der Waals surface area contributed by atoms with Gasteiger partial charge in [0.2, 0.25) is 0 Å². The molecule has 0 aromatic heterocycles. The first-order valence-electron chi connectivity index (χ1n) is 7.28. The van der Waals surface area contributed by atoms with Crippen LogP contribution in [0.4, 0.5) is 0 Å². The Bertz CT molecular complexity index is 699. The molecule has 0 atom stereocenters. The molecule has 2 saturated heterocycles. The van der Waals surface area contributed by atoms with Crippen molar-refractivity contribution >= 4 is 29.6 Å². The molecule has 2 aliphatic heterocycles. The number of nitrogens with zero attached hydrogens (tertiary/aromatic N) is 2. The predicted molar refractivity (Wildman–Crippen MR) is 84.9 cm³/mol. The van der Waals surface area contributed by atoms with Crippen molar-refractivity contribution in [1.82, 2.24) is 9.80 Å². The maximum absolute atomic E-state index is 11.2. The Balaban J connectivity index is 0.000000181. The fraction of sp³-hybridized carbons (Fsp3) is 0.235. The first-order chi connectivity index (χ1) is 11.8. The number of carbonyl (C=O) groups is 5. The third-order valence-corrected chi connectivity index (χ3v) is 3.84. The van der Waals surface area contributed by atoms with Crippen LogP contribution in [0.3, 0.4) is 0 Å². The van der Waals surface area contributed by atoms with Gasteiger partial charge >= 0.3 is 5.97 Å². The Kier molecular flexibility index (Phi) is 4.82. The molecule has 2 fully saturated rings. The highest BCUT2D eigenvalue weighted by molar-refractivity contribution is 6.52. The van der Waals surface area contributed by atoms with E-state index in [2.05, 4.69) is 6.58 Å². The normalized spacial score (nSPS) is 17.4. The summed E-state index contributed by atoms with van der Waals surface area (Å²) in [6.45, 7) is 3.71. The lowest BCUT2D eigenvalue weighted by atomic mass is 9.69. The van der Waals surface area contributed by atoms with E-state index in [1.54, 1.807) is 30.3 Å². The summed E-state index contributed by atoms with van der Waals surface area (Å²) in [4.78, 5) is 57.4. The molecule has 0 saturated carbocycles. The van der Waals surface area contributed by atoms with Gasteiger partial charge in [-0.2, -0.15) is 0 Å². The quantitative estimate of drug-likeness (QED) is 0.331. The lowest BCUT2D eigenvalue weighted by Crippen LogP contribution is -2.82. The van der Waals surface area contributed by atoms with Crippen LogP contribution in [0.1, 0.15) is 10.4 Å². The first kappa shape index (κ1) is 18.1. The van der Waals surface area contributed by atoms with Crippen molar-refractivity contribution < 1.29 is 28.7 Å². The summed E-state index contributed by atoms with van der Waals surface area (Å²) in [7, 11) is 2.49. The van der Waals surface area contributed by atoms with Crippen LogP contribution in [-0.4, -0.2) is 60.1 Å². The number of rotatable bonds is 3. The number of esters is 1. The highest BCUT2D eigenvalue weighted by Crippen LogP contribution is 2.42. The third kappa shape index (κ3) is 2.61. The number of imide groups is 2. The molecular weight excluding hydrogens is 328 g/mol. The van der Waals surface area contributed by atoms with Gasteiger partial charge in [0.1, 0.15) is 6.61 Å². The smallest absolute Gasteiger partial charge is 0.338 e. The maximum Gasteiger partial charge on any atom is 0.338 e. The standard InChI is InChI=1S/C10H10O2.C7H6N2O4/c1-2-8-12-10(11)9-6-4-3-5-7-9;1-8-3(10)7(4(8)11)5(12)9(2)6(7)13/h2-7H,1,8H2;1-2H3. The molecule has 1 spiro atoms. The molecule has 1 aromatic carbocycles. The van der Waals surface area contributed by atoms with Crippen molar-refractivity contribution in [1.29, 1.82) is 0 Å². The molecule has 8 heteroatoms. The van der Waals surface area contributed by atoms with Crippen LogP contribution in [0.5, 0.6) is 0 Å². The summed E-state index contributed by atoms with van der Waals surface area (Å²) < 4.78 is 4.82. The number of carbonyl (C=O) groups excluding carboxylic acids is 5. The van der Waals surface area contributed by atoms with Gasteiger partial charge in [0.25, 0.3) is 29.0 Å². The molecule has 25 heavy (non-hydrogen) atoms. The van der Waals surface area contributed by atoms with E-state index in [0.29, 0.717) is 5.56 Å². The summed E-state index contributed by atoms with van der Waals surface area (Å²) in [5.74, 6) is -3.18. The minimum absolute atomic E-state index is 0.258. The van der Waals surface area contributed by atoms with E-state index in [9.17, 15) is 24.0 Å². The van der Waals surface area contributed by atoms with Gasteiger partial charge in [-0.3, -0.25) is 29.0 Å². The highest BCUT2D eigenvalue weighted by Gasteiger charge is 2.78. The Morgan fingerprint density at radius 1 is 1.00 bits per heavy atom. The first-order valence-corrected chi connectivity index (χ1v) is 7.28. The van der Waals surface area contributed by atoms with Crippen molar-refractivity contribution in [2.24, 2.45) is 5.41 Å². The number of likely N-dealkylation sites (tertiary alicyclic amines) is 2. The predicted octanol–water partition coefficient (Wildman–Crippen LogP) is -0.000600. The summed E-state index contributed by atoms with van der Waals surface area (Å²) in [6, 6.07) is 8.87. The van der Waals surface area contributed by atoms with E-state index in [1.807, 2.05) is 6.07 Å². The second-order valence-corrected chi connectivity index (χ2v) is 5.34. The average Bonchev–Trinajstić information content (AvgIpc) is 2.66. The third-order valence-electron chi connectivity index (χ3n) is 3.84. The Morgan fingerprint density at radius 3 is 1.84 bits per heavy atom. The Morgan fingerprint density at radius 2 is 1.44 bits per heavy atom. The van der Waals surface area contributed by atoms with Gasteiger partial charge in [0, 0.05) is 14.1 Å². The summed E-state index contributed by atoms with van der Waals surface area (Å²) in [6.07, 6.45) is 1.54. The number of hydrogen-bond acceptors (Lipinski definition) is 6. The van der Waals surface area contributed by atoms with E-state index >= 15 is 0 Å². The fourth-order valence-corrected chi connectivity index (χ4v) is 2.43. The van der Waals surface area contributed by atoms with Gasteiger partial charge < -0.3 is 4.74 Å². The lowest BCUT2D eigenvalue weighted by molar-refractivity contribution is -0.196. The molecule has 0 aliphatic carbocycles. The van der Waals surface area contributed by atoms with Gasteiger partial charge in [-0.25, -0.2) is 4.79 Å². The maximum atomic E-state index is 11.2. The van der Waals surface area contributed by atoms with Crippen LogP contribution < -0.4 is 0 Å². The number of hydrogen-bond donors (Lipinski definition) is 0. The molecule has 1 aromatic rings. The number of benzene rings is 1. The number of β-lactam (4-membered cyclic amide) rings is 4. The van der Waals surface area contributed by atoms with Gasteiger partial charge in [-0.05, 0) is 12.1 Å². The largest absolute Gasteiger partial charge is 0.458 e. The molecule has 2 aliphatic rings. The summed E-state index contributed by atoms with van der Waals surface area (Å²) >= 11 is 0. The number of amides is 4. The summed E-state index contributed by atoms with van der Waals surface area (Å²) in [5.41, 5.74) is -1.41. The molecule has 2 heterocycles. The van der Waals surface area contributed by atoms with Crippen LogP contribution in [-0.2, 0) is 23.9 Å². The van der Waals surface area contributed by atoms with Crippen LogP contribution in [0.15, 0.2) is 43.0 Å². The Hall–Kier alpha value is -3.29. The van der Waals surface area contributed by atoms with E-state index in [0.717, 1.165) is 9.80 Å². The van der Waals surface area contributed by atoms with E-state index in [-0.39, 0.29) is 12.6 Å². The van der Waals surface area contributed by atoms with Crippen LogP contribution in [0, 0.1) is 5.41 Å². The van der Waals surface area contributed by atoms with Crippen molar-refractivity contribution in [3.05, 3.63) is 48.6 Å². The van der Waals surface area contributed by atoms with Crippen LogP contribution in [0.2, 0.25) is 0 Å². The molecule has 0 N–H and O–H groups in total. The van der Waals surface area contributed by atoms with Crippen molar-refractivity contribution in [3.63, 3.8) is 0 Å². The Labute approximate surface area is 143 Å². The average molecular weight is 344 g/mol. The van der Waals surface area contributed by atoms with E-state index in [1.165, 1.54) is 14.1 Å². The van der Waals surface area contributed by atoms with Gasteiger partial charge in [0.15, 0.2) is 0 Å². The zero-order chi connectivity index (χ0) is 18.8. The molecule has 0 unspecified atom stereocenters. The van der Waals surface area contributed by atoms with E-state index < -0.39 is 29.0 Å². The molecular formula is C17H16N2O6. The lowest BCUT2D eigenvalue weighted by Gasteiger charge is -2.50. The van der Waals surface area contributed by atoms with Crippen LogP contribution >= 0.6 is 0 Å². The molecule has 0 bridgehead atoms. The molecule has 130 valence electrons. The zero-order valence-electron chi connectivity index (χ0n) is 13.7. The number of ether oxygens (including phenoxy) is 1. The second-order valence-electron chi connectivity index (χ2n) is 5.34. The minimum atomic E-state index is -1.98. The topological polar surface area (TPSA) is 101 Å². The fourth-order valence-electron chi connectivity index (χ4n) is 2.43. The van der Waals surface area contributed by atoms with Gasteiger partial charge in [-0.15, -0.1) is 0 Å². The molecule has 0 radical (unpaired) electrons. The highest BCUT2D eigenvalue weighted by atomic mass is 16.5. The molecule has 8 nitrogen and oxygen atoms in total. The van der Waals surface area contributed by atoms with Crippen molar-refractivity contribution in [2.45, 2.75) is 0 Å². The van der Waals surface area contributed by atoms with E-state index in [4.69, 9.17) is 4.74 Å². The monoisotopic (exact) mass is 344 g/mol. The van der Waals surface area contributed by atoms with Gasteiger partial charge in [0.05, 0.1) is 5.56 Å². The van der Waals surface area contributed by atoms with Crippen molar-refractivity contribution in [2.75, 3.05) is 20.7 Å². The SMILES string of the molecule is C=CCOC(=O)c1ccccc1.CN1C(=O)C2(C1=O)C(=O)N(C)C2=O.